The lowest BCUT2D eigenvalue weighted by Gasteiger charge is -2.32. The standard InChI is InChI=1S/C24H36N6O7/c25-24(37)20-3-1-19(2-4-20)15-26-21(32)16-28-7-5-27(13-14-31)6-8-29(17-22(33)34)11-12-30(10-9-28)18-23(35)36/h1-4,14H,5-13,15-18H2,(H2,25,37)(H,26,32)(H,33,34)(H,35,36). The number of carbonyl (C=O) groups excluding carboxylic acids is 3. The van der Waals surface area contributed by atoms with Gasteiger partial charge in [-0.3, -0.25) is 38.8 Å². The number of primary amides is 1. The van der Waals surface area contributed by atoms with E-state index in [2.05, 4.69) is 5.32 Å². The van der Waals surface area contributed by atoms with Crippen LogP contribution in [0, 0.1) is 0 Å². The zero-order valence-electron chi connectivity index (χ0n) is 20.9. The summed E-state index contributed by atoms with van der Waals surface area (Å²) in [7, 11) is 0. The maximum Gasteiger partial charge on any atom is 0.317 e. The fraction of sp³-hybridized carbons (Fsp3) is 0.542. The molecule has 0 spiro atoms. The van der Waals surface area contributed by atoms with Crippen LogP contribution in [0.25, 0.3) is 0 Å². The molecule has 2 rings (SSSR count). The quantitative estimate of drug-likeness (QED) is 0.237. The molecule has 1 fully saturated rings. The third-order valence-corrected chi connectivity index (χ3v) is 6.08. The number of hydrogen-bond acceptors (Lipinski definition) is 9. The Bertz CT molecular complexity index is 927. The first-order valence-electron chi connectivity index (χ1n) is 12.1. The molecule has 13 nitrogen and oxygen atoms in total. The molecule has 37 heavy (non-hydrogen) atoms. The minimum Gasteiger partial charge on any atom is -0.480 e. The molecule has 0 aliphatic carbocycles. The minimum absolute atomic E-state index is 0.0837. The van der Waals surface area contributed by atoms with E-state index in [1.807, 2.05) is 9.80 Å². The number of nitrogens with one attached hydrogen (secondary N) is 1. The van der Waals surface area contributed by atoms with Crippen molar-refractivity contribution in [3.8, 4) is 0 Å². The van der Waals surface area contributed by atoms with Crippen LogP contribution in [0.5, 0.6) is 0 Å². The first-order valence-corrected chi connectivity index (χ1v) is 12.1. The molecule has 1 aromatic rings. The Morgan fingerprint density at radius 1 is 0.757 bits per heavy atom. The fourth-order valence-electron chi connectivity index (χ4n) is 3.97. The van der Waals surface area contributed by atoms with Crippen molar-refractivity contribution in [1.82, 2.24) is 24.9 Å². The molecule has 13 heteroatoms. The molecule has 1 heterocycles. The highest BCUT2D eigenvalue weighted by molar-refractivity contribution is 5.92. The van der Waals surface area contributed by atoms with Gasteiger partial charge in [-0.15, -0.1) is 0 Å². The molecular weight excluding hydrogens is 484 g/mol. The van der Waals surface area contributed by atoms with Crippen LogP contribution in [0.3, 0.4) is 0 Å². The lowest BCUT2D eigenvalue weighted by molar-refractivity contribution is -0.140. The number of benzene rings is 1. The van der Waals surface area contributed by atoms with E-state index >= 15 is 0 Å². The topological polar surface area (TPSA) is 177 Å². The van der Waals surface area contributed by atoms with E-state index in [1.54, 1.807) is 34.1 Å². The number of aliphatic carboxylic acids is 2. The number of nitrogens with two attached hydrogens (primary N) is 1. The monoisotopic (exact) mass is 520 g/mol. The maximum absolute atomic E-state index is 12.7. The Labute approximate surface area is 215 Å². The third kappa shape index (κ3) is 11.9. The van der Waals surface area contributed by atoms with Crippen molar-refractivity contribution >= 4 is 30.0 Å². The van der Waals surface area contributed by atoms with Crippen molar-refractivity contribution in [2.45, 2.75) is 6.54 Å². The molecule has 204 valence electrons. The second kappa shape index (κ2) is 15.7. The van der Waals surface area contributed by atoms with Gasteiger partial charge in [0, 0.05) is 64.5 Å². The first-order chi connectivity index (χ1) is 17.7. The lowest BCUT2D eigenvalue weighted by atomic mass is 10.1. The van der Waals surface area contributed by atoms with E-state index in [0.717, 1.165) is 11.8 Å². The van der Waals surface area contributed by atoms with Crippen molar-refractivity contribution in [2.75, 3.05) is 78.5 Å². The summed E-state index contributed by atoms with van der Waals surface area (Å²) in [5.41, 5.74) is 6.43. The van der Waals surface area contributed by atoms with E-state index < -0.39 is 17.8 Å². The Balaban J connectivity index is 2.03. The average molecular weight is 521 g/mol. The Kier molecular flexibility index (Phi) is 12.6. The molecule has 0 saturated carbocycles. The van der Waals surface area contributed by atoms with Gasteiger partial charge in [0.05, 0.1) is 26.2 Å². The van der Waals surface area contributed by atoms with Crippen LogP contribution in [0.2, 0.25) is 0 Å². The number of carboxylic acid groups (broad SMARTS) is 2. The maximum atomic E-state index is 12.7. The molecule has 1 aliphatic rings. The number of amides is 2. The van der Waals surface area contributed by atoms with Gasteiger partial charge < -0.3 is 26.1 Å². The van der Waals surface area contributed by atoms with Crippen LogP contribution in [-0.4, -0.2) is 138 Å². The number of aldehydes is 1. The molecule has 1 saturated heterocycles. The van der Waals surface area contributed by atoms with Gasteiger partial charge in [-0.25, -0.2) is 0 Å². The van der Waals surface area contributed by atoms with Gasteiger partial charge in [0.2, 0.25) is 11.8 Å². The molecule has 2 amide bonds. The van der Waals surface area contributed by atoms with Crippen LogP contribution >= 0.6 is 0 Å². The summed E-state index contributed by atoms with van der Waals surface area (Å²) in [6, 6.07) is 6.61. The summed E-state index contributed by atoms with van der Waals surface area (Å²) < 4.78 is 0. The Morgan fingerprint density at radius 2 is 1.19 bits per heavy atom. The fourth-order valence-corrected chi connectivity index (χ4v) is 3.97. The van der Waals surface area contributed by atoms with E-state index in [0.29, 0.717) is 57.9 Å². The normalized spacial score (nSPS) is 17.3. The van der Waals surface area contributed by atoms with Crippen LogP contribution in [0.4, 0.5) is 0 Å². The molecule has 0 aromatic heterocycles. The summed E-state index contributed by atoms with van der Waals surface area (Å²) in [5, 5.41) is 21.4. The van der Waals surface area contributed by atoms with Gasteiger partial charge in [0.25, 0.3) is 0 Å². The Morgan fingerprint density at radius 3 is 1.59 bits per heavy atom. The number of carbonyl (C=O) groups is 5. The molecule has 1 aliphatic heterocycles. The van der Waals surface area contributed by atoms with Crippen molar-refractivity contribution in [3.05, 3.63) is 35.4 Å². The molecular formula is C24H36N6O7. The molecule has 0 atom stereocenters. The Hall–Kier alpha value is -3.39. The molecule has 5 N–H and O–H groups in total. The van der Waals surface area contributed by atoms with Crippen LogP contribution in [0.1, 0.15) is 15.9 Å². The van der Waals surface area contributed by atoms with Crippen LogP contribution in [-0.2, 0) is 25.7 Å². The zero-order chi connectivity index (χ0) is 27.2. The number of nitrogens with zero attached hydrogens (tertiary/aromatic N) is 4. The van der Waals surface area contributed by atoms with E-state index in [-0.39, 0.29) is 38.6 Å². The predicted octanol–water partition coefficient (Wildman–Crippen LogP) is -2.01. The first kappa shape index (κ1) is 29.8. The second-order valence-corrected chi connectivity index (χ2v) is 8.92. The SMILES string of the molecule is NC(=O)c1ccc(CNC(=O)CN2CCN(CC=O)CCN(CC(=O)O)CCN(CC(=O)O)CC2)cc1. The molecule has 0 unspecified atom stereocenters. The van der Waals surface area contributed by atoms with Gasteiger partial charge in [0.1, 0.15) is 6.29 Å². The van der Waals surface area contributed by atoms with Crippen molar-refractivity contribution < 1.29 is 34.2 Å². The van der Waals surface area contributed by atoms with Gasteiger partial charge in [-0.2, -0.15) is 0 Å². The van der Waals surface area contributed by atoms with Crippen LogP contribution < -0.4 is 11.1 Å². The smallest absolute Gasteiger partial charge is 0.317 e. The lowest BCUT2D eigenvalue weighted by Crippen LogP contribution is -2.49. The van der Waals surface area contributed by atoms with Crippen LogP contribution in [0.15, 0.2) is 24.3 Å². The summed E-state index contributed by atoms with van der Waals surface area (Å²) in [4.78, 5) is 65.0. The predicted molar refractivity (Wildman–Crippen MR) is 134 cm³/mol. The number of rotatable bonds is 11. The molecule has 0 radical (unpaired) electrons. The largest absolute Gasteiger partial charge is 0.480 e. The summed E-state index contributed by atoms with van der Waals surface area (Å²) in [6.45, 7) is 3.52. The highest BCUT2D eigenvalue weighted by Crippen LogP contribution is 2.04. The van der Waals surface area contributed by atoms with Gasteiger partial charge in [-0.1, -0.05) is 12.1 Å². The van der Waals surface area contributed by atoms with E-state index in [9.17, 15) is 34.2 Å². The van der Waals surface area contributed by atoms with Gasteiger partial charge in [0.15, 0.2) is 0 Å². The van der Waals surface area contributed by atoms with Crippen molar-refractivity contribution in [2.24, 2.45) is 5.73 Å². The highest BCUT2D eigenvalue weighted by Gasteiger charge is 2.20. The number of carboxylic acids is 2. The second-order valence-electron chi connectivity index (χ2n) is 8.92. The van der Waals surface area contributed by atoms with Crippen molar-refractivity contribution in [1.29, 1.82) is 0 Å². The molecule has 1 aromatic carbocycles. The zero-order valence-corrected chi connectivity index (χ0v) is 20.9. The summed E-state index contributed by atoms with van der Waals surface area (Å²) >= 11 is 0. The minimum atomic E-state index is -0.985. The molecule has 0 bridgehead atoms. The van der Waals surface area contributed by atoms with E-state index in [1.165, 1.54) is 0 Å². The summed E-state index contributed by atoms with van der Waals surface area (Å²) in [5.74, 6) is -2.70. The summed E-state index contributed by atoms with van der Waals surface area (Å²) in [6.07, 6.45) is 0.794. The third-order valence-electron chi connectivity index (χ3n) is 6.08. The number of hydrogen-bond donors (Lipinski definition) is 4. The van der Waals surface area contributed by atoms with E-state index in [4.69, 9.17) is 5.73 Å². The highest BCUT2D eigenvalue weighted by atomic mass is 16.4. The van der Waals surface area contributed by atoms with Gasteiger partial charge >= 0.3 is 11.9 Å². The van der Waals surface area contributed by atoms with Gasteiger partial charge in [-0.05, 0) is 17.7 Å². The average Bonchev–Trinajstić information content (AvgIpc) is 2.84. The van der Waals surface area contributed by atoms with Crippen molar-refractivity contribution in [3.63, 3.8) is 0 Å².